The maximum Gasteiger partial charge on any atom is 0.314 e. The Morgan fingerprint density at radius 3 is 2.33 bits per heavy atom. The third-order valence-electron chi connectivity index (χ3n) is 3.14. The monoisotopic (exact) mass is 248 g/mol. The van der Waals surface area contributed by atoms with Crippen LogP contribution in [0.3, 0.4) is 0 Å². The lowest BCUT2D eigenvalue weighted by atomic mass is 9.78. The largest absolute Gasteiger partial charge is 0.426 e. The van der Waals surface area contributed by atoms with Gasteiger partial charge in [0.2, 0.25) is 0 Å². The fraction of sp³-hybridized carbons (Fsp3) is 0.562. The van der Waals surface area contributed by atoms with Gasteiger partial charge in [0.25, 0.3) is 0 Å². The van der Waals surface area contributed by atoms with Crippen molar-refractivity contribution in [3.63, 3.8) is 0 Å². The number of carbonyl (C=O) groups excluding carboxylic acids is 1. The van der Waals surface area contributed by atoms with Gasteiger partial charge in [0.1, 0.15) is 5.75 Å². The lowest BCUT2D eigenvalue weighted by Gasteiger charge is -2.28. The van der Waals surface area contributed by atoms with Crippen molar-refractivity contribution >= 4 is 5.97 Å². The minimum absolute atomic E-state index is 0.0438. The number of esters is 1. The molecule has 0 radical (unpaired) electrons. The minimum Gasteiger partial charge on any atom is -0.426 e. The summed E-state index contributed by atoms with van der Waals surface area (Å²) >= 11 is 0. The van der Waals surface area contributed by atoms with Crippen LogP contribution in [0, 0.1) is 11.3 Å². The lowest BCUT2D eigenvalue weighted by molar-refractivity contribution is -0.143. The Bertz CT molecular complexity index is 362. The highest BCUT2D eigenvalue weighted by Gasteiger charge is 2.32. The van der Waals surface area contributed by atoms with Gasteiger partial charge in [0.05, 0.1) is 5.92 Å². The van der Waals surface area contributed by atoms with Crippen molar-refractivity contribution in [1.29, 1.82) is 0 Å². The van der Waals surface area contributed by atoms with Gasteiger partial charge >= 0.3 is 5.97 Å². The second-order valence-corrected chi connectivity index (χ2v) is 5.79. The first kappa shape index (κ1) is 14.7. The lowest BCUT2D eigenvalue weighted by Crippen LogP contribution is -2.32. The molecule has 0 fully saturated rings. The summed E-state index contributed by atoms with van der Waals surface area (Å²) in [7, 11) is 0. The second-order valence-electron chi connectivity index (χ2n) is 5.79. The van der Waals surface area contributed by atoms with Crippen molar-refractivity contribution in [2.45, 2.75) is 47.0 Å². The molecular formula is C16H24O2. The Balaban J connectivity index is 2.71. The van der Waals surface area contributed by atoms with Crippen molar-refractivity contribution in [2.24, 2.45) is 11.3 Å². The molecule has 0 aromatic heterocycles. The van der Waals surface area contributed by atoms with E-state index in [1.165, 1.54) is 0 Å². The third-order valence-corrected chi connectivity index (χ3v) is 3.14. The van der Waals surface area contributed by atoms with Gasteiger partial charge in [-0.25, -0.2) is 0 Å². The summed E-state index contributed by atoms with van der Waals surface area (Å²) in [5.41, 5.74) is -0.0545. The smallest absolute Gasteiger partial charge is 0.314 e. The van der Waals surface area contributed by atoms with E-state index < -0.39 is 0 Å². The molecule has 0 aliphatic rings. The molecule has 100 valence electrons. The van der Waals surface area contributed by atoms with Crippen molar-refractivity contribution in [2.75, 3.05) is 0 Å². The van der Waals surface area contributed by atoms with Crippen molar-refractivity contribution in [3.8, 4) is 5.75 Å². The molecule has 1 rings (SSSR count). The Labute approximate surface area is 110 Å². The highest BCUT2D eigenvalue weighted by molar-refractivity contribution is 5.75. The Morgan fingerprint density at radius 2 is 1.83 bits per heavy atom. The molecule has 0 aliphatic carbocycles. The highest BCUT2D eigenvalue weighted by Crippen LogP contribution is 2.31. The van der Waals surface area contributed by atoms with E-state index in [2.05, 4.69) is 27.7 Å². The quantitative estimate of drug-likeness (QED) is 0.568. The SMILES string of the molecule is CCCCC(C(=O)Oc1ccccc1)C(C)(C)C. The molecule has 2 nitrogen and oxygen atoms in total. The summed E-state index contributed by atoms with van der Waals surface area (Å²) in [6, 6.07) is 9.30. The van der Waals surface area contributed by atoms with E-state index >= 15 is 0 Å². The first-order chi connectivity index (χ1) is 8.45. The summed E-state index contributed by atoms with van der Waals surface area (Å²) in [5.74, 6) is 0.480. The van der Waals surface area contributed by atoms with E-state index in [1.54, 1.807) is 0 Å². The summed E-state index contributed by atoms with van der Waals surface area (Å²) in [6.45, 7) is 8.43. The Kier molecular flexibility index (Phi) is 5.39. The van der Waals surface area contributed by atoms with Crippen LogP contribution in [0.25, 0.3) is 0 Å². The zero-order valence-corrected chi connectivity index (χ0v) is 11.9. The normalized spacial score (nSPS) is 13.1. The molecule has 18 heavy (non-hydrogen) atoms. The molecule has 0 aliphatic heterocycles. The summed E-state index contributed by atoms with van der Waals surface area (Å²) in [5, 5.41) is 0. The molecule has 0 bridgehead atoms. The van der Waals surface area contributed by atoms with Crippen LogP contribution in [0.15, 0.2) is 30.3 Å². The molecule has 0 spiro atoms. The van der Waals surface area contributed by atoms with Gasteiger partial charge in [0, 0.05) is 0 Å². The van der Waals surface area contributed by atoms with Gasteiger partial charge in [0.15, 0.2) is 0 Å². The molecule has 0 saturated heterocycles. The Morgan fingerprint density at radius 1 is 1.22 bits per heavy atom. The molecule has 1 atom stereocenters. The molecule has 1 unspecified atom stereocenters. The molecule has 2 heteroatoms. The van der Waals surface area contributed by atoms with Crippen LogP contribution in [0.4, 0.5) is 0 Å². The number of para-hydroxylation sites is 1. The van der Waals surface area contributed by atoms with Crippen molar-refractivity contribution in [3.05, 3.63) is 30.3 Å². The summed E-state index contributed by atoms with van der Waals surface area (Å²) in [6.07, 6.45) is 3.06. The maximum absolute atomic E-state index is 12.2. The van der Waals surface area contributed by atoms with Crippen LogP contribution >= 0.6 is 0 Å². The predicted octanol–water partition coefficient (Wildman–Crippen LogP) is 4.44. The van der Waals surface area contributed by atoms with Crippen LogP contribution < -0.4 is 4.74 Å². The fourth-order valence-corrected chi connectivity index (χ4v) is 1.99. The van der Waals surface area contributed by atoms with Crippen LogP contribution in [0.5, 0.6) is 5.75 Å². The maximum atomic E-state index is 12.2. The van der Waals surface area contributed by atoms with Gasteiger partial charge < -0.3 is 4.74 Å². The van der Waals surface area contributed by atoms with E-state index in [9.17, 15) is 4.79 Å². The second kappa shape index (κ2) is 6.58. The zero-order chi connectivity index (χ0) is 13.6. The molecular weight excluding hydrogens is 224 g/mol. The number of rotatable bonds is 5. The first-order valence-electron chi connectivity index (χ1n) is 6.72. The predicted molar refractivity (Wildman–Crippen MR) is 74.5 cm³/mol. The van der Waals surface area contributed by atoms with Gasteiger partial charge in [-0.3, -0.25) is 4.79 Å². The molecule has 0 N–H and O–H groups in total. The van der Waals surface area contributed by atoms with Crippen LogP contribution in [-0.2, 0) is 4.79 Å². The number of hydrogen-bond acceptors (Lipinski definition) is 2. The fourth-order valence-electron chi connectivity index (χ4n) is 1.99. The third kappa shape index (κ3) is 4.52. The van der Waals surface area contributed by atoms with Gasteiger partial charge in [-0.15, -0.1) is 0 Å². The average molecular weight is 248 g/mol. The van der Waals surface area contributed by atoms with Gasteiger partial charge in [-0.1, -0.05) is 58.7 Å². The van der Waals surface area contributed by atoms with E-state index in [0.717, 1.165) is 19.3 Å². The number of carbonyl (C=O) groups is 1. The van der Waals surface area contributed by atoms with Crippen LogP contribution in [0.1, 0.15) is 47.0 Å². The molecule has 0 amide bonds. The van der Waals surface area contributed by atoms with Crippen molar-refractivity contribution in [1.82, 2.24) is 0 Å². The van der Waals surface area contributed by atoms with E-state index in [0.29, 0.717) is 5.75 Å². The van der Waals surface area contributed by atoms with Gasteiger partial charge in [-0.2, -0.15) is 0 Å². The van der Waals surface area contributed by atoms with Crippen molar-refractivity contribution < 1.29 is 9.53 Å². The Hall–Kier alpha value is -1.31. The number of hydrogen-bond donors (Lipinski definition) is 0. The molecule has 1 aromatic carbocycles. The highest BCUT2D eigenvalue weighted by atomic mass is 16.5. The van der Waals surface area contributed by atoms with E-state index in [4.69, 9.17) is 4.74 Å². The topological polar surface area (TPSA) is 26.3 Å². The van der Waals surface area contributed by atoms with E-state index in [1.807, 2.05) is 30.3 Å². The number of unbranched alkanes of at least 4 members (excludes halogenated alkanes) is 1. The molecule has 0 saturated carbocycles. The summed E-state index contributed by atoms with van der Waals surface area (Å²) < 4.78 is 5.46. The number of ether oxygens (including phenoxy) is 1. The van der Waals surface area contributed by atoms with E-state index in [-0.39, 0.29) is 17.3 Å². The average Bonchev–Trinajstić information content (AvgIpc) is 2.29. The standard InChI is InChI=1S/C16H24O2/c1-5-6-12-14(16(2,3)4)15(17)18-13-10-8-7-9-11-13/h7-11,14H,5-6,12H2,1-4H3. The summed E-state index contributed by atoms with van der Waals surface area (Å²) in [4.78, 5) is 12.2. The van der Waals surface area contributed by atoms with Crippen LogP contribution in [0.2, 0.25) is 0 Å². The zero-order valence-electron chi connectivity index (χ0n) is 11.9. The molecule has 0 heterocycles. The minimum atomic E-state index is -0.109. The number of benzene rings is 1. The molecule has 1 aromatic rings. The van der Waals surface area contributed by atoms with Gasteiger partial charge in [-0.05, 0) is 24.0 Å². The van der Waals surface area contributed by atoms with Crippen LogP contribution in [-0.4, -0.2) is 5.97 Å². The first-order valence-corrected chi connectivity index (χ1v) is 6.72.